The van der Waals surface area contributed by atoms with Crippen LogP contribution in [0.15, 0.2) is 85.1 Å². The molecule has 24 heteroatoms. The summed E-state index contributed by atoms with van der Waals surface area (Å²) in [5.41, 5.74) is 14.1. The molecule has 3 aromatic carbocycles. The van der Waals surface area contributed by atoms with Gasteiger partial charge in [-0.1, -0.05) is 60.7 Å². The molecular formula is C49H66N10O12S2. The Balaban J connectivity index is 1.61. The van der Waals surface area contributed by atoms with Gasteiger partial charge in [-0.2, -0.15) is 25.3 Å². The molecule has 4 unspecified atom stereocenters. The molecule has 0 aliphatic carbocycles. The van der Waals surface area contributed by atoms with Crippen LogP contribution in [0.3, 0.4) is 0 Å². The van der Waals surface area contributed by atoms with E-state index in [1.165, 1.54) is 19.1 Å². The molecule has 10 atom stereocenters. The van der Waals surface area contributed by atoms with E-state index in [-0.39, 0.29) is 49.5 Å². The zero-order valence-electron chi connectivity index (χ0n) is 41.2. The molecule has 0 radical (unpaired) electrons. The summed E-state index contributed by atoms with van der Waals surface area (Å²) in [7, 11) is 0. The average Bonchev–Trinajstić information content (AvgIpc) is 3.78. The number of unbranched alkanes of at least 4 members (excludes halogenated alkanes) is 1. The topological polar surface area (TPSA) is 356 Å². The Hall–Kier alpha value is -6.54. The molecule has 1 heterocycles. The lowest BCUT2D eigenvalue weighted by atomic mass is 10.0. The number of benzene rings is 3. The number of phenolic OH excluding ortho intramolecular Hbond substituents is 1. The number of rotatable bonds is 31. The van der Waals surface area contributed by atoms with E-state index in [9.17, 15) is 58.8 Å². The molecule has 4 aromatic rings. The number of aldehydes is 1. The van der Waals surface area contributed by atoms with Crippen LogP contribution in [0.4, 0.5) is 0 Å². The van der Waals surface area contributed by atoms with Gasteiger partial charge in [0.25, 0.3) is 0 Å². The first kappa shape index (κ1) is 57.4. The highest BCUT2D eigenvalue weighted by molar-refractivity contribution is 7.80. The van der Waals surface area contributed by atoms with E-state index in [1.807, 2.05) is 18.2 Å². The van der Waals surface area contributed by atoms with E-state index in [0.717, 1.165) is 17.8 Å². The van der Waals surface area contributed by atoms with Crippen LogP contribution in [-0.4, -0.2) is 152 Å². The van der Waals surface area contributed by atoms with Crippen LogP contribution in [0.2, 0.25) is 0 Å². The number of aliphatic hydroxyl groups excluding tert-OH is 2. The van der Waals surface area contributed by atoms with Crippen molar-refractivity contribution in [3.05, 3.63) is 102 Å². The monoisotopic (exact) mass is 1050 g/mol. The number of carbonyl (C=O) groups excluding carboxylic acids is 7. The van der Waals surface area contributed by atoms with Gasteiger partial charge in [-0.3, -0.25) is 28.8 Å². The summed E-state index contributed by atoms with van der Waals surface area (Å²) in [5.74, 6) is -7.35. The molecule has 0 bridgehead atoms. The molecule has 0 spiro atoms. The Morgan fingerprint density at radius 2 is 1.16 bits per heavy atom. The number of aliphatic hydroxyl groups is 2. The van der Waals surface area contributed by atoms with Gasteiger partial charge in [0.1, 0.15) is 49.6 Å². The lowest BCUT2D eigenvalue weighted by molar-refractivity contribution is -0.145. The van der Waals surface area contributed by atoms with Crippen molar-refractivity contribution < 1.29 is 60.2 Å². The van der Waals surface area contributed by atoms with Crippen LogP contribution in [0.1, 0.15) is 51.2 Å². The minimum absolute atomic E-state index is 0.00578. The molecule has 15 N–H and O–H groups in total. The minimum atomic E-state index is -1.73. The number of aromatic nitrogens is 1. The Kier molecular flexibility index (Phi) is 23.5. The maximum atomic E-state index is 14.6. The number of fused-ring (bicyclic) bond motifs is 1. The molecule has 0 fully saturated rings. The van der Waals surface area contributed by atoms with Crippen LogP contribution in [0.5, 0.6) is 5.75 Å². The van der Waals surface area contributed by atoms with Gasteiger partial charge in [-0.05, 0) is 87.4 Å². The normalized spacial score (nSPS) is 15.6. The summed E-state index contributed by atoms with van der Waals surface area (Å²) >= 11 is 8.41. The van der Waals surface area contributed by atoms with E-state index in [4.69, 9.17) is 7.10 Å². The molecule has 1 aromatic heterocycles. The zero-order valence-corrected chi connectivity index (χ0v) is 42.0. The van der Waals surface area contributed by atoms with Crippen LogP contribution in [0.25, 0.3) is 10.9 Å². The van der Waals surface area contributed by atoms with Crippen LogP contribution < -0.4 is 48.5 Å². The number of phenols is 1. The highest BCUT2D eigenvalue weighted by Gasteiger charge is 2.36. The van der Waals surface area contributed by atoms with Crippen molar-refractivity contribution in [2.45, 2.75) is 113 Å². The van der Waals surface area contributed by atoms with Gasteiger partial charge in [0.2, 0.25) is 35.4 Å². The number of para-hydroxylation sites is 1. The molecule has 0 saturated heterocycles. The number of hydrogen-bond donors (Lipinski definition) is 16. The van der Waals surface area contributed by atoms with Crippen LogP contribution in [-0.2, 0) is 57.6 Å². The summed E-state index contributed by atoms with van der Waals surface area (Å²) in [5, 5.41) is 55.3. The second kappa shape index (κ2) is 29.8. The molecule has 0 aliphatic rings. The second-order valence-corrected chi connectivity index (χ2v) is 18.1. The van der Waals surface area contributed by atoms with Gasteiger partial charge in [0, 0.05) is 35.0 Å². The number of H-pyrrole nitrogens is 1. The Morgan fingerprint density at radius 3 is 1.78 bits per heavy atom. The predicted molar refractivity (Wildman–Crippen MR) is 277 cm³/mol. The lowest BCUT2D eigenvalue weighted by Crippen LogP contribution is -2.62. The fourth-order valence-electron chi connectivity index (χ4n) is 7.51. The maximum Gasteiger partial charge on any atom is 0.328 e. The number of amides is 6. The summed E-state index contributed by atoms with van der Waals surface area (Å²) in [6, 6.07) is 10.6. The number of aromatic hydroxyl groups is 1. The number of nitrogens with one attached hydrogen (secondary N) is 9. The van der Waals surface area contributed by atoms with Crippen molar-refractivity contribution in [2.24, 2.45) is 5.73 Å². The third-order valence-electron chi connectivity index (χ3n) is 11.6. The van der Waals surface area contributed by atoms with Gasteiger partial charge in [0.05, 0.1) is 18.2 Å². The highest BCUT2D eigenvalue weighted by Crippen LogP contribution is 2.20. The average molecular weight is 1050 g/mol. The fraction of sp³-hybridized carbons (Fsp3) is 0.429. The van der Waals surface area contributed by atoms with Crippen molar-refractivity contribution in [2.75, 3.05) is 18.1 Å². The number of hydrogen-bond acceptors (Lipinski definition) is 16. The standard InChI is InChI=1S/C49H66N10O12S2/c1-27(61)41(48(69)55-39(25-72)46(67)57-42(28(2)62)49(70)71)56-43(64)36(14-8-9-19-50)53-44(65)37(22-31-23-51-35-13-7-6-12-34(31)35)54-45(66)38(21-29-10-4-3-5-11-29)58-59-40(26-73)47(68)52-32(24-60)20-30-15-17-33(63)18-16-30/h3-7,10-13,15-18,23-24,27-28,32,36-42,51,58-59,61-63,72-73H,8-9,14,19-22,25-26,50H2,1-2H3,(H,52,68)(H,53,65)(H,54,66)(H,55,69)(H,56,64)(H,57,67)(H,70,71)/t27-,28-,32+,36?,37+,38?,39?,40?,41+,42+/m1/s1/i24D. The molecule has 22 nitrogen and oxygen atoms in total. The van der Waals surface area contributed by atoms with Gasteiger partial charge in [-0.25, -0.2) is 15.6 Å². The number of aliphatic carboxylic acids is 1. The van der Waals surface area contributed by atoms with Crippen molar-refractivity contribution in [1.82, 2.24) is 47.7 Å². The number of carboxylic acid groups (broad SMARTS) is 1. The number of nitrogens with two attached hydrogens (primary N) is 1. The number of carbonyl (C=O) groups is 8. The largest absolute Gasteiger partial charge is 0.508 e. The van der Waals surface area contributed by atoms with Gasteiger partial charge in [-0.15, -0.1) is 0 Å². The maximum absolute atomic E-state index is 14.6. The quantitative estimate of drug-likeness (QED) is 0.0120. The first-order valence-corrected chi connectivity index (χ1v) is 24.7. The van der Waals surface area contributed by atoms with Gasteiger partial charge < -0.3 is 67.8 Å². The smallest absolute Gasteiger partial charge is 0.328 e. The SMILES string of the molecule is [2H]C(=O)[C@H](Cc1ccc(O)cc1)NC(=O)C(CS)NNC(Cc1ccccc1)C(=O)N[C@@H](Cc1c[nH]c2ccccc12)C(=O)NC(CCCCN)C(=O)N[C@H](C(=O)NC(CS)C(=O)N[C@H](C(=O)O)[C@@H](C)O)[C@@H](C)O. The molecule has 0 aliphatic heterocycles. The van der Waals surface area contributed by atoms with E-state index in [2.05, 4.69) is 73.0 Å². The van der Waals surface area contributed by atoms with Crippen molar-refractivity contribution in [1.29, 1.82) is 0 Å². The third kappa shape index (κ3) is 18.5. The second-order valence-electron chi connectivity index (χ2n) is 17.3. The molecule has 6 amide bonds. The van der Waals surface area contributed by atoms with Crippen molar-refractivity contribution in [3.63, 3.8) is 0 Å². The number of carboxylic acids is 1. The number of thiol groups is 2. The summed E-state index contributed by atoms with van der Waals surface area (Å²) in [6.45, 7) is 2.56. The zero-order chi connectivity index (χ0) is 54.5. The van der Waals surface area contributed by atoms with Gasteiger partial charge in [0.15, 0.2) is 6.04 Å². The third-order valence-corrected chi connectivity index (χ3v) is 12.3. The molecule has 4 rings (SSSR count). The fourth-order valence-corrected chi connectivity index (χ4v) is 8.02. The predicted octanol–water partition coefficient (Wildman–Crippen LogP) is -1.32. The number of hydrazine groups is 1. The molecule has 73 heavy (non-hydrogen) atoms. The van der Waals surface area contributed by atoms with E-state index in [1.54, 1.807) is 54.7 Å². The van der Waals surface area contributed by atoms with Gasteiger partial charge >= 0.3 is 5.97 Å². The Labute approximate surface area is 434 Å². The first-order valence-electron chi connectivity index (χ1n) is 24.0. The van der Waals surface area contributed by atoms with E-state index < -0.39 is 108 Å². The lowest BCUT2D eigenvalue weighted by Gasteiger charge is -2.28. The Bertz CT molecular complexity index is 2520. The van der Waals surface area contributed by atoms with E-state index in [0.29, 0.717) is 29.5 Å². The van der Waals surface area contributed by atoms with Crippen LogP contribution >= 0.6 is 25.3 Å². The summed E-state index contributed by atoms with van der Waals surface area (Å²) in [4.78, 5) is 111. The van der Waals surface area contributed by atoms with Crippen molar-refractivity contribution >= 4 is 83.8 Å². The summed E-state index contributed by atoms with van der Waals surface area (Å²) < 4.78 is 7.80. The minimum Gasteiger partial charge on any atom is -0.508 e. The highest BCUT2D eigenvalue weighted by atomic mass is 32.1. The Morgan fingerprint density at radius 1 is 0.630 bits per heavy atom. The molecule has 396 valence electrons. The molecule has 0 saturated carbocycles. The molecular weight excluding hydrogens is 985 g/mol. The van der Waals surface area contributed by atoms with E-state index >= 15 is 0 Å². The van der Waals surface area contributed by atoms with Crippen molar-refractivity contribution in [3.8, 4) is 5.75 Å². The first-order chi connectivity index (χ1) is 35.3. The summed E-state index contributed by atoms with van der Waals surface area (Å²) in [6.07, 6.45) is -1.93. The number of aromatic amines is 1. The van der Waals surface area contributed by atoms with Crippen LogP contribution in [0, 0.1) is 0 Å².